The minimum atomic E-state index is -1.05. The molecule has 1 atom stereocenters. The Labute approximate surface area is 143 Å². The number of aliphatic imine (C=N–C) groups is 1. The normalized spacial score (nSPS) is 21.8. The molecule has 1 aromatic rings. The zero-order valence-electron chi connectivity index (χ0n) is 12.9. The molecule has 2 aliphatic heterocycles. The molecule has 2 heterocycles. The largest absolute Gasteiger partial charge is 0.324 e. The van der Waals surface area contributed by atoms with E-state index in [4.69, 9.17) is 5.26 Å². The van der Waals surface area contributed by atoms with Gasteiger partial charge in [-0.1, -0.05) is 6.08 Å². The second kappa shape index (κ2) is 6.34. The number of benzene rings is 1. The number of hydrogen-bond acceptors (Lipinski definition) is 5. The van der Waals surface area contributed by atoms with Gasteiger partial charge in [0.1, 0.15) is 16.8 Å². The SMILES string of the molecule is CC1(C(=O)Nc2ccc(SC#N)cc2)CC(=O)N=C2C=CC=CN21. The Kier molecular flexibility index (Phi) is 4.23. The van der Waals surface area contributed by atoms with E-state index >= 15 is 0 Å². The monoisotopic (exact) mass is 338 g/mol. The summed E-state index contributed by atoms with van der Waals surface area (Å²) in [7, 11) is 0. The molecule has 0 fully saturated rings. The van der Waals surface area contributed by atoms with Crippen molar-refractivity contribution in [3.8, 4) is 5.40 Å². The summed E-state index contributed by atoms with van der Waals surface area (Å²) in [5.74, 6) is -0.143. The van der Waals surface area contributed by atoms with Crippen molar-refractivity contribution < 1.29 is 9.59 Å². The average Bonchev–Trinajstić information content (AvgIpc) is 2.56. The first kappa shape index (κ1) is 16.0. The molecule has 0 radical (unpaired) electrons. The van der Waals surface area contributed by atoms with Crippen molar-refractivity contribution >= 4 is 35.1 Å². The Bertz CT molecular complexity index is 820. The lowest BCUT2D eigenvalue weighted by molar-refractivity contribution is -0.130. The van der Waals surface area contributed by atoms with Crippen molar-refractivity contribution in [3.05, 3.63) is 48.7 Å². The maximum Gasteiger partial charge on any atom is 0.250 e. The third-order valence-corrected chi connectivity index (χ3v) is 4.47. The summed E-state index contributed by atoms with van der Waals surface area (Å²) in [4.78, 5) is 31.2. The maximum absolute atomic E-state index is 12.8. The molecule has 0 aromatic heterocycles. The number of anilines is 1. The Morgan fingerprint density at radius 2 is 2.12 bits per heavy atom. The van der Waals surface area contributed by atoms with Gasteiger partial charge in [0.05, 0.1) is 6.42 Å². The van der Waals surface area contributed by atoms with E-state index in [1.807, 2.05) is 5.40 Å². The number of nitrogens with one attached hydrogen (secondary N) is 1. The summed E-state index contributed by atoms with van der Waals surface area (Å²) in [5.41, 5.74) is -0.438. The van der Waals surface area contributed by atoms with Gasteiger partial charge in [0, 0.05) is 16.8 Å². The van der Waals surface area contributed by atoms with Crippen LogP contribution < -0.4 is 5.32 Å². The molecule has 120 valence electrons. The molecule has 1 unspecified atom stereocenters. The first-order valence-corrected chi connectivity index (χ1v) is 8.08. The fraction of sp³-hybridized carbons (Fsp3) is 0.176. The number of fused-ring (bicyclic) bond motifs is 1. The van der Waals surface area contributed by atoms with Gasteiger partial charge in [-0.15, -0.1) is 0 Å². The number of nitriles is 1. The molecule has 2 amide bonds. The molecule has 2 aliphatic rings. The van der Waals surface area contributed by atoms with E-state index in [2.05, 4.69) is 10.3 Å². The van der Waals surface area contributed by atoms with Crippen LogP contribution in [0.15, 0.2) is 58.6 Å². The third kappa shape index (κ3) is 2.96. The van der Waals surface area contributed by atoms with E-state index in [1.165, 1.54) is 0 Å². The predicted molar refractivity (Wildman–Crippen MR) is 92.1 cm³/mol. The summed E-state index contributed by atoms with van der Waals surface area (Å²) in [6.45, 7) is 1.72. The third-order valence-electron chi connectivity index (χ3n) is 3.87. The van der Waals surface area contributed by atoms with Crippen molar-refractivity contribution in [2.45, 2.75) is 23.8 Å². The highest BCUT2D eigenvalue weighted by Gasteiger charge is 2.45. The molecular weight excluding hydrogens is 324 g/mol. The molecular formula is C17H14N4O2S. The lowest BCUT2D eigenvalue weighted by Gasteiger charge is -2.41. The minimum absolute atomic E-state index is 0.00286. The topological polar surface area (TPSA) is 85.6 Å². The van der Waals surface area contributed by atoms with Gasteiger partial charge in [-0.3, -0.25) is 9.59 Å². The predicted octanol–water partition coefficient (Wildman–Crippen LogP) is 2.67. The van der Waals surface area contributed by atoms with Crippen LogP contribution in [0.4, 0.5) is 5.69 Å². The van der Waals surface area contributed by atoms with Gasteiger partial charge in [-0.05, 0) is 55.1 Å². The second-order valence-electron chi connectivity index (χ2n) is 5.56. The molecule has 0 bridgehead atoms. The molecule has 1 aromatic carbocycles. The molecule has 24 heavy (non-hydrogen) atoms. The number of amides is 2. The molecule has 3 rings (SSSR count). The molecule has 0 spiro atoms. The number of allylic oxidation sites excluding steroid dienone is 2. The van der Waals surface area contributed by atoms with Crippen molar-refractivity contribution in [2.75, 3.05) is 5.32 Å². The first-order valence-electron chi connectivity index (χ1n) is 7.26. The van der Waals surface area contributed by atoms with Crippen LogP contribution in [0.2, 0.25) is 0 Å². The molecule has 0 saturated heterocycles. The highest BCUT2D eigenvalue weighted by Crippen LogP contribution is 2.29. The molecule has 0 saturated carbocycles. The quantitative estimate of drug-likeness (QED) is 0.676. The van der Waals surface area contributed by atoms with E-state index in [1.54, 1.807) is 60.5 Å². The van der Waals surface area contributed by atoms with Gasteiger partial charge < -0.3 is 10.2 Å². The van der Waals surface area contributed by atoms with Crippen LogP contribution in [0.1, 0.15) is 13.3 Å². The standard InChI is InChI=1S/C17H14N4O2S/c1-17(10-15(22)20-14-4-2-3-9-21(14)17)16(23)19-12-5-7-13(8-6-12)24-11-18/h2-9H,10H2,1H3,(H,19,23). The number of hydrogen-bond donors (Lipinski definition) is 1. The number of thioether (sulfide) groups is 1. The smallest absolute Gasteiger partial charge is 0.250 e. The lowest BCUT2D eigenvalue weighted by Crippen LogP contribution is -2.58. The van der Waals surface area contributed by atoms with Crippen molar-refractivity contribution in [2.24, 2.45) is 4.99 Å². The lowest BCUT2D eigenvalue weighted by atomic mass is 9.91. The molecule has 6 nitrogen and oxygen atoms in total. The van der Waals surface area contributed by atoms with Crippen molar-refractivity contribution in [3.63, 3.8) is 0 Å². The average molecular weight is 338 g/mol. The summed E-state index contributed by atoms with van der Waals surface area (Å²) < 4.78 is 0. The molecule has 7 heteroatoms. The zero-order chi connectivity index (χ0) is 17.2. The number of carbonyl (C=O) groups excluding carboxylic acids is 2. The van der Waals surface area contributed by atoms with Gasteiger partial charge in [-0.25, -0.2) is 0 Å². The zero-order valence-corrected chi connectivity index (χ0v) is 13.7. The number of nitrogens with zero attached hydrogens (tertiary/aromatic N) is 3. The number of rotatable bonds is 3. The summed E-state index contributed by atoms with van der Waals surface area (Å²) in [6, 6.07) is 6.97. The fourth-order valence-electron chi connectivity index (χ4n) is 2.60. The molecule has 1 N–H and O–H groups in total. The molecule has 0 aliphatic carbocycles. The van der Waals surface area contributed by atoms with Crippen LogP contribution >= 0.6 is 11.8 Å². The van der Waals surface area contributed by atoms with Gasteiger partial charge in [0.2, 0.25) is 0 Å². The van der Waals surface area contributed by atoms with Gasteiger partial charge in [-0.2, -0.15) is 10.3 Å². The highest BCUT2D eigenvalue weighted by atomic mass is 32.2. The van der Waals surface area contributed by atoms with Crippen molar-refractivity contribution in [1.29, 1.82) is 5.26 Å². The Morgan fingerprint density at radius 3 is 2.83 bits per heavy atom. The number of carbonyl (C=O) groups is 2. The summed E-state index contributed by atoms with van der Waals surface area (Å²) >= 11 is 1.05. The van der Waals surface area contributed by atoms with Gasteiger partial charge in [0.25, 0.3) is 11.8 Å². The van der Waals surface area contributed by atoms with Crippen LogP contribution in [0.25, 0.3) is 0 Å². The summed E-state index contributed by atoms with van der Waals surface area (Å²) in [5, 5.41) is 13.5. The van der Waals surface area contributed by atoms with Crippen LogP contribution in [0, 0.1) is 10.7 Å². The Morgan fingerprint density at radius 1 is 1.38 bits per heavy atom. The van der Waals surface area contributed by atoms with E-state index in [0.29, 0.717) is 11.5 Å². The minimum Gasteiger partial charge on any atom is -0.324 e. The van der Waals surface area contributed by atoms with Crippen LogP contribution in [-0.2, 0) is 9.59 Å². The Hall–Kier alpha value is -2.85. The van der Waals surface area contributed by atoms with Crippen LogP contribution in [0.5, 0.6) is 0 Å². The highest BCUT2D eigenvalue weighted by molar-refractivity contribution is 8.03. The van der Waals surface area contributed by atoms with Crippen LogP contribution in [-0.4, -0.2) is 28.1 Å². The van der Waals surface area contributed by atoms with E-state index in [0.717, 1.165) is 16.7 Å². The maximum atomic E-state index is 12.8. The van der Waals surface area contributed by atoms with Gasteiger partial charge in [0.15, 0.2) is 0 Å². The fourth-order valence-corrected chi connectivity index (χ4v) is 2.98. The Balaban J connectivity index is 1.82. The van der Waals surface area contributed by atoms with Gasteiger partial charge >= 0.3 is 0 Å². The van der Waals surface area contributed by atoms with E-state index in [9.17, 15) is 9.59 Å². The van der Waals surface area contributed by atoms with Crippen molar-refractivity contribution in [1.82, 2.24) is 4.90 Å². The first-order chi connectivity index (χ1) is 11.5. The van der Waals surface area contributed by atoms with E-state index in [-0.39, 0.29) is 18.2 Å². The van der Waals surface area contributed by atoms with E-state index < -0.39 is 5.54 Å². The summed E-state index contributed by atoms with van der Waals surface area (Å²) in [6.07, 6.45) is 7.03. The number of thiocyanates is 1. The second-order valence-corrected chi connectivity index (χ2v) is 6.41. The van der Waals surface area contributed by atoms with Crippen LogP contribution in [0.3, 0.4) is 0 Å². The number of amidine groups is 1.